The van der Waals surface area contributed by atoms with Crippen LogP contribution < -0.4 is 5.32 Å². The van der Waals surface area contributed by atoms with E-state index in [1.54, 1.807) is 7.11 Å². The van der Waals surface area contributed by atoms with Gasteiger partial charge in [-0.25, -0.2) is 0 Å². The van der Waals surface area contributed by atoms with Gasteiger partial charge in [0.25, 0.3) is 0 Å². The highest BCUT2D eigenvalue weighted by Crippen LogP contribution is 2.46. The van der Waals surface area contributed by atoms with Crippen LogP contribution in [0.4, 0.5) is 0 Å². The molecule has 0 unspecified atom stereocenters. The van der Waals surface area contributed by atoms with Crippen molar-refractivity contribution in [2.24, 2.45) is 10.4 Å². The number of rotatable bonds is 7. The van der Waals surface area contributed by atoms with E-state index in [0.717, 1.165) is 32.1 Å². The number of halogens is 1. The third kappa shape index (κ3) is 5.25. The van der Waals surface area contributed by atoms with E-state index in [0.29, 0.717) is 18.6 Å². The highest BCUT2D eigenvalue weighted by molar-refractivity contribution is 14.0. The second kappa shape index (κ2) is 9.15. The van der Waals surface area contributed by atoms with Crippen molar-refractivity contribution in [3.05, 3.63) is 0 Å². The molecular weight excluding hydrogens is 381 g/mol. The zero-order valence-corrected chi connectivity index (χ0v) is 16.7. The summed E-state index contributed by atoms with van der Waals surface area (Å²) in [6.45, 7) is 13.2. The van der Waals surface area contributed by atoms with Gasteiger partial charge in [0.1, 0.15) is 0 Å². The molecule has 0 bridgehead atoms. The van der Waals surface area contributed by atoms with Crippen molar-refractivity contribution in [1.29, 1.82) is 0 Å². The Morgan fingerprint density at radius 3 is 2.33 bits per heavy atom. The van der Waals surface area contributed by atoms with Crippen LogP contribution in [0.25, 0.3) is 0 Å². The maximum atomic E-state index is 5.45. The lowest BCUT2D eigenvalue weighted by atomic mass is 9.65. The van der Waals surface area contributed by atoms with Crippen molar-refractivity contribution in [3.8, 4) is 0 Å². The highest BCUT2D eigenvalue weighted by Gasteiger charge is 2.53. The molecule has 5 nitrogen and oxygen atoms in total. The molecule has 0 saturated carbocycles. The van der Waals surface area contributed by atoms with Crippen LogP contribution in [-0.2, 0) is 9.47 Å². The number of aliphatic imine (C=N–C) groups is 1. The van der Waals surface area contributed by atoms with E-state index in [4.69, 9.17) is 9.47 Å². The third-order valence-electron chi connectivity index (χ3n) is 4.53. The van der Waals surface area contributed by atoms with E-state index in [1.165, 1.54) is 0 Å². The molecule has 6 heteroatoms. The fourth-order valence-corrected chi connectivity index (χ4v) is 2.31. The molecular formula is C15H32IN3O2. The van der Waals surface area contributed by atoms with Gasteiger partial charge >= 0.3 is 0 Å². The Hall–Kier alpha value is -0.0800. The van der Waals surface area contributed by atoms with Crippen molar-refractivity contribution in [3.63, 3.8) is 0 Å². The van der Waals surface area contributed by atoms with E-state index in [1.807, 2.05) is 7.05 Å². The molecule has 0 radical (unpaired) electrons. The summed E-state index contributed by atoms with van der Waals surface area (Å²) >= 11 is 0. The van der Waals surface area contributed by atoms with E-state index < -0.39 is 0 Å². The third-order valence-corrected chi connectivity index (χ3v) is 4.53. The topological polar surface area (TPSA) is 46.1 Å². The molecule has 0 aliphatic carbocycles. The maximum absolute atomic E-state index is 5.45. The minimum Gasteiger partial charge on any atom is -0.382 e. The van der Waals surface area contributed by atoms with Gasteiger partial charge in [0.15, 0.2) is 5.96 Å². The van der Waals surface area contributed by atoms with Crippen LogP contribution in [-0.4, -0.2) is 63.5 Å². The summed E-state index contributed by atoms with van der Waals surface area (Å²) in [6, 6.07) is 0. The monoisotopic (exact) mass is 413 g/mol. The summed E-state index contributed by atoms with van der Waals surface area (Å²) < 4.78 is 10.4. The minimum absolute atomic E-state index is 0. The summed E-state index contributed by atoms with van der Waals surface area (Å²) in [6.07, 6.45) is 0.973. The summed E-state index contributed by atoms with van der Waals surface area (Å²) in [5.74, 6) is 0.992. The number of nitrogens with one attached hydrogen (secondary N) is 1. The summed E-state index contributed by atoms with van der Waals surface area (Å²) in [5, 5.41) is 3.42. The molecule has 1 fully saturated rings. The summed E-state index contributed by atoms with van der Waals surface area (Å²) in [5.41, 5.74) is 0.470. The molecule has 1 N–H and O–H groups in total. The van der Waals surface area contributed by atoms with E-state index in [-0.39, 0.29) is 29.5 Å². The first-order chi connectivity index (χ1) is 9.36. The SMILES string of the molecule is CN=C(NCCCOCCOC)N1CC(C)(C)C1(C)C.I. The molecule has 1 rings (SSSR count). The standard InChI is InChI=1S/C15H31N3O2.HI/c1-14(2)12-18(15(14,3)4)13(16-5)17-8-7-9-20-11-10-19-6;/h7-12H2,1-6H3,(H,16,17);1H. The van der Waals surface area contributed by atoms with Crippen molar-refractivity contribution in [2.45, 2.75) is 39.7 Å². The van der Waals surface area contributed by atoms with Crippen molar-refractivity contribution in [2.75, 3.05) is 47.1 Å². The predicted molar refractivity (Wildman–Crippen MR) is 98.7 cm³/mol. The van der Waals surface area contributed by atoms with Crippen LogP contribution in [0.2, 0.25) is 0 Å². The molecule has 0 aromatic rings. The van der Waals surface area contributed by atoms with E-state index in [9.17, 15) is 0 Å². The lowest BCUT2D eigenvalue weighted by Gasteiger charge is -2.62. The molecule has 1 aliphatic rings. The zero-order chi connectivity index (χ0) is 15.2. The fraction of sp³-hybridized carbons (Fsp3) is 0.933. The number of likely N-dealkylation sites (tertiary alicyclic amines) is 1. The molecule has 0 amide bonds. The number of hydrogen-bond donors (Lipinski definition) is 1. The van der Waals surface area contributed by atoms with E-state index in [2.05, 4.69) is 42.9 Å². The molecule has 21 heavy (non-hydrogen) atoms. The second-order valence-electron chi connectivity index (χ2n) is 6.46. The molecule has 0 atom stereocenters. The molecule has 1 heterocycles. The lowest BCUT2D eigenvalue weighted by molar-refractivity contribution is -0.0667. The first kappa shape index (κ1) is 20.9. The Kier molecular flexibility index (Phi) is 9.11. The second-order valence-corrected chi connectivity index (χ2v) is 6.46. The van der Waals surface area contributed by atoms with Gasteiger partial charge in [-0.3, -0.25) is 4.99 Å². The quantitative estimate of drug-likeness (QED) is 0.301. The van der Waals surface area contributed by atoms with Gasteiger partial charge in [0.2, 0.25) is 0 Å². The van der Waals surface area contributed by atoms with Crippen LogP contribution in [0.3, 0.4) is 0 Å². The summed E-state index contributed by atoms with van der Waals surface area (Å²) in [7, 11) is 3.53. The van der Waals surface area contributed by atoms with Gasteiger partial charge in [-0.1, -0.05) is 13.8 Å². The van der Waals surface area contributed by atoms with Crippen LogP contribution in [0, 0.1) is 5.41 Å². The fourth-order valence-electron chi connectivity index (χ4n) is 2.31. The average Bonchev–Trinajstić information content (AvgIpc) is 2.40. The first-order valence-electron chi connectivity index (χ1n) is 7.42. The van der Waals surface area contributed by atoms with Gasteiger partial charge in [-0.05, 0) is 20.3 Å². The van der Waals surface area contributed by atoms with Crippen LogP contribution in [0.5, 0.6) is 0 Å². The first-order valence-corrected chi connectivity index (χ1v) is 7.42. The smallest absolute Gasteiger partial charge is 0.194 e. The van der Waals surface area contributed by atoms with Crippen molar-refractivity contribution in [1.82, 2.24) is 10.2 Å². The average molecular weight is 413 g/mol. The van der Waals surface area contributed by atoms with Crippen LogP contribution >= 0.6 is 24.0 Å². The number of hydrogen-bond acceptors (Lipinski definition) is 3. The van der Waals surface area contributed by atoms with Gasteiger partial charge in [-0.2, -0.15) is 0 Å². The van der Waals surface area contributed by atoms with Crippen molar-refractivity contribution < 1.29 is 9.47 Å². The Balaban J connectivity index is 0.00000400. The zero-order valence-electron chi connectivity index (χ0n) is 14.4. The normalized spacial score (nSPS) is 19.7. The Morgan fingerprint density at radius 1 is 1.19 bits per heavy atom. The Bertz CT molecular complexity index is 333. The predicted octanol–water partition coefficient (Wildman–Crippen LogP) is 2.35. The molecule has 1 aliphatic heterocycles. The molecule has 0 aromatic heterocycles. The number of methoxy groups -OCH3 is 1. The number of ether oxygens (including phenoxy) is 2. The number of nitrogens with zero attached hydrogens (tertiary/aromatic N) is 2. The molecule has 1 saturated heterocycles. The minimum atomic E-state index is 0. The largest absolute Gasteiger partial charge is 0.382 e. The maximum Gasteiger partial charge on any atom is 0.194 e. The molecule has 0 aromatic carbocycles. The van der Waals surface area contributed by atoms with Crippen LogP contribution in [0.1, 0.15) is 34.1 Å². The number of guanidine groups is 1. The Labute approximate surface area is 146 Å². The molecule has 126 valence electrons. The van der Waals surface area contributed by atoms with E-state index >= 15 is 0 Å². The van der Waals surface area contributed by atoms with Gasteiger partial charge in [0.05, 0.1) is 13.2 Å². The molecule has 0 spiro atoms. The van der Waals surface area contributed by atoms with Gasteiger partial charge < -0.3 is 19.7 Å². The van der Waals surface area contributed by atoms with Gasteiger partial charge in [0, 0.05) is 44.8 Å². The summed E-state index contributed by atoms with van der Waals surface area (Å²) in [4.78, 5) is 6.74. The van der Waals surface area contributed by atoms with Gasteiger partial charge in [-0.15, -0.1) is 24.0 Å². The Morgan fingerprint density at radius 2 is 1.86 bits per heavy atom. The highest BCUT2D eigenvalue weighted by atomic mass is 127. The lowest BCUT2D eigenvalue weighted by Crippen LogP contribution is -2.72. The van der Waals surface area contributed by atoms with Crippen LogP contribution in [0.15, 0.2) is 4.99 Å². The van der Waals surface area contributed by atoms with Crippen molar-refractivity contribution >= 4 is 29.9 Å².